The van der Waals surface area contributed by atoms with Crippen molar-refractivity contribution in [2.75, 3.05) is 13.2 Å². The molecular formula is C80H157NO5. The summed E-state index contributed by atoms with van der Waals surface area (Å²) in [6.07, 6.45) is 96.2. The predicted octanol–water partition coefficient (Wildman–Crippen LogP) is 26.3. The molecule has 3 N–H and O–H groups in total. The normalized spacial score (nSPS) is 12.5. The van der Waals surface area contributed by atoms with Crippen molar-refractivity contribution in [3.05, 3.63) is 12.2 Å². The molecule has 0 saturated carbocycles. The summed E-state index contributed by atoms with van der Waals surface area (Å²) in [6, 6.07) is -0.625. The van der Waals surface area contributed by atoms with Crippen LogP contribution in [0, 0.1) is 0 Å². The first-order valence-corrected chi connectivity index (χ1v) is 40.0. The van der Waals surface area contributed by atoms with Gasteiger partial charge in [-0.15, -0.1) is 0 Å². The fraction of sp³-hybridized carbons (Fsp3) is 0.950. The molecule has 0 aliphatic rings. The third kappa shape index (κ3) is 71.7. The number of hydrogen-bond acceptors (Lipinski definition) is 5. The molecular weight excluding hydrogens is 1050 g/mol. The van der Waals surface area contributed by atoms with E-state index in [1.54, 1.807) is 6.08 Å². The number of aliphatic hydroxyl groups is 2. The lowest BCUT2D eigenvalue weighted by atomic mass is 10.0. The van der Waals surface area contributed by atoms with Gasteiger partial charge in [0.2, 0.25) is 5.91 Å². The van der Waals surface area contributed by atoms with E-state index in [4.69, 9.17) is 4.74 Å². The van der Waals surface area contributed by atoms with Gasteiger partial charge in [-0.1, -0.05) is 431 Å². The van der Waals surface area contributed by atoms with Crippen LogP contribution in [0.3, 0.4) is 0 Å². The van der Waals surface area contributed by atoms with Crippen LogP contribution in [0.15, 0.2) is 12.2 Å². The topological polar surface area (TPSA) is 95.9 Å². The number of rotatable bonds is 76. The van der Waals surface area contributed by atoms with E-state index in [0.29, 0.717) is 19.4 Å². The first kappa shape index (κ1) is 84.6. The first-order chi connectivity index (χ1) is 42.5. The second-order valence-corrected chi connectivity index (χ2v) is 27.8. The minimum absolute atomic E-state index is 0.0260. The van der Waals surface area contributed by atoms with Crippen molar-refractivity contribution in [3.8, 4) is 0 Å². The molecule has 0 aromatic carbocycles. The van der Waals surface area contributed by atoms with Crippen LogP contribution >= 0.6 is 0 Å². The predicted molar refractivity (Wildman–Crippen MR) is 380 cm³/mol. The van der Waals surface area contributed by atoms with Gasteiger partial charge in [0.1, 0.15) is 0 Å². The number of carbonyl (C=O) groups is 2. The average molecular weight is 1210 g/mol. The molecule has 0 saturated heterocycles. The quantitative estimate of drug-likeness (QED) is 0.0320. The van der Waals surface area contributed by atoms with Crippen molar-refractivity contribution in [2.24, 2.45) is 0 Å². The highest BCUT2D eigenvalue weighted by Crippen LogP contribution is 2.20. The number of aliphatic hydroxyl groups excluding tert-OH is 2. The minimum Gasteiger partial charge on any atom is -0.466 e. The van der Waals surface area contributed by atoms with E-state index in [9.17, 15) is 19.8 Å². The third-order valence-electron chi connectivity index (χ3n) is 19.1. The van der Waals surface area contributed by atoms with Gasteiger partial charge in [-0.2, -0.15) is 0 Å². The molecule has 1 amide bonds. The Balaban J connectivity index is 3.33. The van der Waals surface area contributed by atoms with Crippen LogP contribution in [0.1, 0.15) is 463 Å². The van der Waals surface area contributed by atoms with Crippen LogP contribution in [-0.2, 0) is 14.3 Å². The molecule has 2 unspecified atom stereocenters. The molecule has 86 heavy (non-hydrogen) atoms. The van der Waals surface area contributed by atoms with E-state index >= 15 is 0 Å². The lowest BCUT2D eigenvalue weighted by Crippen LogP contribution is -2.45. The second-order valence-electron chi connectivity index (χ2n) is 27.8. The highest BCUT2D eigenvalue weighted by molar-refractivity contribution is 5.76. The number of unbranched alkanes of at least 4 members (excludes halogenated alkanes) is 65. The van der Waals surface area contributed by atoms with E-state index in [1.165, 1.54) is 398 Å². The zero-order valence-corrected chi connectivity index (χ0v) is 58.8. The Morgan fingerprint density at radius 1 is 0.314 bits per heavy atom. The third-order valence-corrected chi connectivity index (χ3v) is 19.1. The molecule has 512 valence electrons. The highest BCUT2D eigenvalue weighted by Gasteiger charge is 2.18. The van der Waals surface area contributed by atoms with E-state index < -0.39 is 12.1 Å². The Morgan fingerprint density at radius 3 is 0.791 bits per heavy atom. The monoisotopic (exact) mass is 1210 g/mol. The van der Waals surface area contributed by atoms with Crippen LogP contribution in [0.2, 0.25) is 0 Å². The maximum atomic E-state index is 12.5. The number of ether oxygens (including phenoxy) is 1. The molecule has 0 fully saturated rings. The summed E-state index contributed by atoms with van der Waals surface area (Å²) >= 11 is 0. The molecule has 0 heterocycles. The Morgan fingerprint density at radius 2 is 0.535 bits per heavy atom. The summed E-state index contributed by atoms with van der Waals surface area (Å²) in [5.41, 5.74) is 0. The molecule has 0 aliphatic carbocycles. The number of nitrogens with one attached hydrogen (secondary N) is 1. The molecule has 6 nitrogen and oxygen atoms in total. The van der Waals surface area contributed by atoms with Gasteiger partial charge in [-0.3, -0.25) is 9.59 Å². The van der Waals surface area contributed by atoms with Crippen molar-refractivity contribution in [2.45, 2.75) is 475 Å². The van der Waals surface area contributed by atoms with E-state index in [2.05, 4.69) is 19.2 Å². The van der Waals surface area contributed by atoms with Crippen LogP contribution < -0.4 is 5.32 Å². The second kappa shape index (κ2) is 76.1. The Hall–Kier alpha value is -1.40. The van der Waals surface area contributed by atoms with Crippen molar-refractivity contribution >= 4 is 11.9 Å². The first-order valence-electron chi connectivity index (χ1n) is 40.0. The Labute approximate surface area is 539 Å². The number of esters is 1. The molecule has 0 spiro atoms. The molecule has 0 bridgehead atoms. The molecule has 0 aromatic rings. The molecule has 2 atom stereocenters. The van der Waals surface area contributed by atoms with Crippen LogP contribution in [0.25, 0.3) is 0 Å². The zero-order valence-electron chi connectivity index (χ0n) is 58.8. The van der Waals surface area contributed by atoms with Gasteiger partial charge in [0.25, 0.3) is 0 Å². The van der Waals surface area contributed by atoms with Crippen LogP contribution in [0.5, 0.6) is 0 Å². The van der Waals surface area contributed by atoms with Crippen molar-refractivity contribution in [1.82, 2.24) is 5.32 Å². The summed E-state index contributed by atoms with van der Waals surface area (Å²) in [7, 11) is 0. The number of allylic oxidation sites excluding steroid dienone is 1. The Kier molecular flexibility index (Phi) is 74.8. The van der Waals surface area contributed by atoms with E-state index in [-0.39, 0.29) is 18.5 Å². The fourth-order valence-electron chi connectivity index (χ4n) is 13.0. The maximum Gasteiger partial charge on any atom is 0.305 e. The van der Waals surface area contributed by atoms with Gasteiger partial charge in [0.15, 0.2) is 0 Å². The van der Waals surface area contributed by atoms with Crippen molar-refractivity contribution < 1.29 is 24.5 Å². The summed E-state index contributed by atoms with van der Waals surface area (Å²) in [5, 5.41) is 23.3. The number of carbonyl (C=O) groups excluding carboxylic acids is 2. The highest BCUT2D eigenvalue weighted by atomic mass is 16.5. The zero-order chi connectivity index (χ0) is 62.0. The molecule has 0 rings (SSSR count). The standard InChI is InChI=1S/C80H157NO5/c1-3-5-7-9-11-13-15-17-19-21-23-37-40-44-48-52-56-60-64-68-72-78(83)77(76-82)81-79(84)73-69-65-61-57-53-49-45-41-38-34-32-30-28-26-24-25-27-29-31-33-35-39-43-47-51-55-59-63-67-71-75-86-80(85)74-70-66-62-58-54-50-46-42-36-22-20-18-16-14-12-10-8-6-4-2/h68,72,77-78,82-83H,3-67,69-71,73-76H2,1-2H3,(H,81,84)/b72-68+. The minimum atomic E-state index is -0.842. The average Bonchev–Trinajstić information content (AvgIpc) is 3.54. The maximum absolute atomic E-state index is 12.5. The van der Waals surface area contributed by atoms with Gasteiger partial charge in [0, 0.05) is 12.8 Å². The summed E-state index contributed by atoms with van der Waals surface area (Å²) in [5.74, 6) is -0.0330. The fourth-order valence-corrected chi connectivity index (χ4v) is 13.0. The SMILES string of the molecule is CCCCCCCCCCCCCCCCCCCC/C=C/C(O)C(CO)NC(=O)CCCCCCCCCCCCCCCCCCCCCCCCCCCCCCCCOC(=O)CCCCCCCCCCCCCCCCCCCCC. The van der Waals surface area contributed by atoms with Gasteiger partial charge in [0.05, 0.1) is 25.4 Å². The lowest BCUT2D eigenvalue weighted by molar-refractivity contribution is -0.143. The Bertz CT molecular complexity index is 1300. The van der Waals surface area contributed by atoms with E-state index in [1.807, 2.05) is 6.08 Å². The summed E-state index contributed by atoms with van der Waals surface area (Å²) in [6.45, 7) is 4.97. The number of hydrogen-bond donors (Lipinski definition) is 3. The van der Waals surface area contributed by atoms with Gasteiger partial charge in [-0.25, -0.2) is 0 Å². The van der Waals surface area contributed by atoms with Crippen LogP contribution in [0.4, 0.5) is 0 Å². The van der Waals surface area contributed by atoms with Crippen molar-refractivity contribution in [3.63, 3.8) is 0 Å². The van der Waals surface area contributed by atoms with Gasteiger partial charge >= 0.3 is 5.97 Å². The van der Waals surface area contributed by atoms with Crippen LogP contribution in [-0.4, -0.2) is 47.4 Å². The largest absolute Gasteiger partial charge is 0.466 e. The molecule has 0 aliphatic heterocycles. The molecule has 6 heteroatoms. The van der Waals surface area contributed by atoms with Gasteiger partial charge in [-0.05, 0) is 32.1 Å². The van der Waals surface area contributed by atoms with E-state index in [0.717, 1.165) is 38.5 Å². The van der Waals surface area contributed by atoms with Crippen molar-refractivity contribution in [1.29, 1.82) is 0 Å². The van der Waals surface area contributed by atoms with Gasteiger partial charge < -0.3 is 20.3 Å². The summed E-state index contributed by atoms with van der Waals surface area (Å²) < 4.78 is 5.52. The number of amides is 1. The lowest BCUT2D eigenvalue weighted by Gasteiger charge is -2.20. The molecule has 0 radical (unpaired) electrons. The summed E-state index contributed by atoms with van der Waals surface area (Å²) in [4.78, 5) is 24.7. The molecule has 0 aromatic heterocycles. The smallest absolute Gasteiger partial charge is 0.305 e.